The largest absolute Gasteiger partial charge is 0.309 e. The highest BCUT2D eigenvalue weighted by molar-refractivity contribution is 6.13. The zero-order valence-electron chi connectivity index (χ0n) is 63.3. The summed E-state index contributed by atoms with van der Waals surface area (Å²) in [6, 6.07) is -36.0. The summed E-state index contributed by atoms with van der Waals surface area (Å²) in [5.41, 5.74) is -11.4. The van der Waals surface area contributed by atoms with Crippen LogP contribution in [0.4, 0.5) is 0 Å². The van der Waals surface area contributed by atoms with Gasteiger partial charge in [-0.15, -0.1) is 0 Å². The first-order chi connectivity index (χ1) is 42.9. The zero-order chi connectivity index (χ0) is 67.9. The molecule has 0 amide bonds. The van der Waals surface area contributed by atoms with E-state index in [9.17, 15) is 24.7 Å². The molecule has 0 bridgehead atoms. The maximum Gasteiger partial charge on any atom is 0.0667 e. The van der Waals surface area contributed by atoms with Crippen molar-refractivity contribution in [2.45, 2.75) is 0 Å². The summed E-state index contributed by atoms with van der Waals surface area (Å²) in [6.07, 6.45) is 0. The highest BCUT2D eigenvalue weighted by Crippen LogP contribution is 2.40. The first-order valence-corrected chi connectivity index (χ1v) is 16.8. The van der Waals surface area contributed by atoms with E-state index in [1.807, 2.05) is 0 Å². The Morgan fingerprint density at radius 2 is 0.754 bits per heavy atom. The van der Waals surface area contributed by atoms with Crippen molar-refractivity contribution in [2.75, 3.05) is 0 Å². The van der Waals surface area contributed by atoms with Crippen molar-refractivity contribution in [3.05, 3.63) is 211 Å². The smallest absolute Gasteiger partial charge is 0.0667 e. The van der Waals surface area contributed by atoms with E-state index in [0.717, 1.165) is 0 Å². The number of rotatable bonds is 5. The number of benzene rings is 9. The molecule has 0 aliphatic carbocycles. The van der Waals surface area contributed by atoms with Gasteiger partial charge in [-0.25, -0.2) is 0 Å². The fourth-order valence-electron chi connectivity index (χ4n) is 6.94. The van der Waals surface area contributed by atoms with Gasteiger partial charge in [0.25, 0.3) is 0 Å². The molecule has 0 aliphatic rings. The lowest BCUT2D eigenvalue weighted by molar-refractivity contribution is 1.15. The van der Waals surface area contributed by atoms with Crippen LogP contribution in [0.15, 0.2) is 211 Å². The standard InChI is InChI=1S/C54H35N3/c1-2-15-36(16-3-1)37-29-32-53-47(34-37)45-23-8-11-26-50(45)55(53)40-30-31-46-44-22-5-10-25-49(44)56(54(46)35-40)39-18-14-17-38(33-39)41-19-4-9-24-48(41)57-51-27-12-6-20-42(51)43-21-7-13-28-52(43)57/h1-35H/i1D,2D,3D,4D,5D,6D,7D,8D,9D,10D,11D,12D,13D,14D,15D,16D,17D,18D,19D,20D,21D,22D,23D,24D,25D,26D,27D,28D,29D,30D,31D,32D,33D,34D,35D. The molecule has 57 heavy (non-hydrogen) atoms. The second kappa shape index (κ2) is 12.5. The average molecular weight is 761 g/mol. The van der Waals surface area contributed by atoms with Gasteiger partial charge in [-0.1, -0.05) is 145 Å². The van der Waals surface area contributed by atoms with Gasteiger partial charge in [-0.2, -0.15) is 0 Å². The van der Waals surface area contributed by atoms with Crippen LogP contribution in [0.25, 0.3) is 105 Å². The molecule has 0 unspecified atom stereocenters. The summed E-state index contributed by atoms with van der Waals surface area (Å²) in [4.78, 5) is 0. The molecule has 3 heteroatoms. The van der Waals surface area contributed by atoms with E-state index in [4.69, 9.17) is 23.3 Å². The van der Waals surface area contributed by atoms with Gasteiger partial charge >= 0.3 is 0 Å². The summed E-state index contributed by atoms with van der Waals surface area (Å²) in [5, 5.41) is -3.98. The van der Waals surface area contributed by atoms with E-state index >= 15 is 0 Å². The minimum Gasteiger partial charge on any atom is -0.309 e. The van der Waals surface area contributed by atoms with Gasteiger partial charge < -0.3 is 13.7 Å². The number of para-hydroxylation sites is 5. The summed E-state index contributed by atoms with van der Waals surface area (Å²) in [6.45, 7) is 0. The Hall–Kier alpha value is -7.62. The van der Waals surface area contributed by atoms with E-state index < -0.39 is 316 Å². The highest BCUT2D eigenvalue weighted by atomic mass is 15.0. The van der Waals surface area contributed by atoms with Crippen LogP contribution >= 0.6 is 0 Å². The zero-order valence-corrected chi connectivity index (χ0v) is 28.3. The summed E-state index contributed by atoms with van der Waals surface area (Å²) < 4.78 is 322. The van der Waals surface area contributed by atoms with Gasteiger partial charge in [0.1, 0.15) is 0 Å². The number of hydrogen-bond acceptors (Lipinski definition) is 0. The Morgan fingerprint density at radius 3 is 1.44 bits per heavy atom. The highest BCUT2D eigenvalue weighted by Gasteiger charge is 2.19. The quantitative estimate of drug-likeness (QED) is 0.166. The molecule has 0 spiro atoms. The van der Waals surface area contributed by atoms with Crippen molar-refractivity contribution in [1.29, 1.82) is 0 Å². The first-order valence-electron chi connectivity index (χ1n) is 34.3. The molecule has 12 rings (SSSR count). The first kappa shape index (κ1) is 12.7. The number of fused-ring (bicyclic) bond motifs is 9. The molecule has 3 aromatic heterocycles. The molecule has 3 nitrogen and oxygen atoms in total. The van der Waals surface area contributed by atoms with Crippen LogP contribution in [0.5, 0.6) is 0 Å². The predicted molar refractivity (Wildman–Crippen MR) is 240 cm³/mol. The maximum atomic E-state index is 10.3. The van der Waals surface area contributed by atoms with Crippen LogP contribution in [-0.4, -0.2) is 13.7 Å². The molecule has 0 saturated carbocycles. The van der Waals surface area contributed by atoms with Crippen molar-refractivity contribution in [3.8, 4) is 39.3 Å². The average Bonchev–Trinajstić information content (AvgIpc) is 1.48. The van der Waals surface area contributed by atoms with Gasteiger partial charge in [0, 0.05) is 49.3 Å². The van der Waals surface area contributed by atoms with E-state index in [0.29, 0.717) is 13.7 Å². The van der Waals surface area contributed by atoms with Gasteiger partial charge in [0.2, 0.25) is 0 Å². The minimum atomic E-state index is -1.27. The van der Waals surface area contributed by atoms with Crippen LogP contribution in [0.1, 0.15) is 48.0 Å². The molecule has 12 aromatic rings. The summed E-state index contributed by atoms with van der Waals surface area (Å²) in [5.74, 6) is 0. The Labute approximate surface area is 378 Å². The molecule has 0 aliphatic heterocycles. The third-order valence-corrected chi connectivity index (χ3v) is 9.29. The number of aromatic nitrogens is 3. The van der Waals surface area contributed by atoms with Crippen molar-refractivity contribution in [1.82, 2.24) is 13.7 Å². The summed E-state index contributed by atoms with van der Waals surface area (Å²) in [7, 11) is 0. The lowest BCUT2D eigenvalue weighted by Gasteiger charge is -2.16. The molecule has 0 fully saturated rings. The van der Waals surface area contributed by atoms with Crippen LogP contribution in [-0.2, 0) is 0 Å². The lowest BCUT2D eigenvalue weighted by atomic mass is 10.0. The fraction of sp³-hybridized carbons (Fsp3) is 0. The van der Waals surface area contributed by atoms with Crippen LogP contribution in [0.3, 0.4) is 0 Å². The lowest BCUT2D eigenvalue weighted by Crippen LogP contribution is -1.99. The minimum absolute atomic E-state index is 0.584. The monoisotopic (exact) mass is 761 g/mol. The molecule has 266 valence electrons. The van der Waals surface area contributed by atoms with Gasteiger partial charge in [0.05, 0.1) is 86.8 Å². The molecule has 3 heterocycles. The fourth-order valence-corrected chi connectivity index (χ4v) is 6.94. The molecule has 9 aromatic carbocycles. The van der Waals surface area contributed by atoms with Crippen molar-refractivity contribution < 1.29 is 48.0 Å². The van der Waals surface area contributed by atoms with Gasteiger partial charge in [-0.3, -0.25) is 0 Å². The predicted octanol–water partition coefficient (Wildman–Crippen LogP) is 14.3. The molecule has 0 N–H and O–H groups in total. The number of hydrogen-bond donors (Lipinski definition) is 0. The van der Waals surface area contributed by atoms with Gasteiger partial charge in [0.15, 0.2) is 0 Å². The molecule has 0 atom stereocenters. The molecular formula is C54H35N3. The number of nitrogens with zero attached hydrogens (tertiary/aromatic N) is 3. The van der Waals surface area contributed by atoms with Crippen LogP contribution in [0, 0.1) is 0 Å². The van der Waals surface area contributed by atoms with E-state index in [1.165, 1.54) is 0 Å². The Bertz CT molecular complexity index is 5480. The van der Waals surface area contributed by atoms with Crippen molar-refractivity contribution >= 4 is 65.4 Å². The molecular weight excluding hydrogens is 691 g/mol. The SMILES string of the molecule is [2H]c1c([2H])c([2H])c(-c2c([2H])c([2H])c3c(c2[2H])c2c([2H])c([2H])c([2H])c([2H])c2n3-c2c([2H])c([2H])c3c4c([2H])c([2H])c([2H])c([2H])c4n(-c4c([2H])c([2H])c([2H])c(-c5c([2H])c([2H])c([2H])c([2H])c5-n5c6c([2H])c([2H])c([2H])c([2H])c6c6c([2H])c([2H])c([2H])c([2H])c65)c4[2H])c3c2[2H])c([2H])c1[2H]. The normalized spacial score (nSPS) is 20.5. The topological polar surface area (TPSA) is 14.8 Å². The third-order valence-electron chi connectivity index (χ3n) is 9.29. The summed E-state index contributed by atoms with van der Waals surface area (Å²) >= 11 is 0. The maximum absolute atomic E-state index is 10.3. The van der Waals surface area contributed by atoms with Crippen LogP contribution in [0.2, 0.25) is 0 Å². The Balaban J connectivity index is 1.32. The molecule has 0 saturated heterocycles. The van der Waals surface area contributed by atoms with E-state index in [-0.39, 0.29) is 0 Å². The second-order valence-electron chi connectivity index (χ2n) is 12.3. The van der Waals surface area contributed by atoms with Crippen molar-refractivity contribution in [2.24, 2.45) is 0 Å². The molecule has 0 radical (unpaired) electrons. The van der Waals surface area contributed by atoms with E-state index in [2.05, 4.69) is 0 Å². The van der Waals surface area contributed by atoms with Gasteiger partial charge in [-0.05, 0) is 83.2 Å². The second-order valence-corrected chi connectivity index (χ2v) is 12.3. The third kappa shape index (κ3) is 4.79. The van der Waals surface area contributed by atoms with Crippen molar-refractivity contribution in [3.63, 3.8) is 0 Å². The Kier molecular flexibility index (Phi) is 2.78. The Morgan fingerprint density at radius 1 is 0.263 bits per heavy atom. The van der Waals surface area contributed by atoms with Crippen LogP contribution < -0.4 is 0 Å². The van der Waals surface area contributed by atoms with E-state index in [1.54, 1.807) is 0 Å².